The number of carbonyl (C=O) groups excluding carboxylic acids is 1. The monoisotopic (exact) mass is 410 g/mol. The number of rotatable bonds is 4. The summed E-state index contributed by atoms with van der Waals surface area (Å²) in [6.07, 6.45) is 10.00. The van der Waals surface area contributed by atoms with E-state index in [2.05, 4.69) is 55.3 Å². The zero-order valence-electron chi connectivity index (χ0n) is 19.5. The van der Waals surface area contributed by atoms with E-state index < -0.39 is 0 Å². The van der Waals surface area contributed by atoms with Crippen molar-refractivity contribution in [1.82, 2.24) is 10.2 Å². The Bertz CT molecular complexity index is 820. The van der Waals surface area contributed by atoms with Gasteiger partial charge >= 0.3 is 0 Å². The molecule has 1 fully saturated rings. The quantitative estimate of drug-likeness (QED) is 0.603. The van der Waals surface area contributed by atoms with E-state index in [0.717, 1.165) is 6.42 Å². The topological polar surface area (TPSA) is 32.3 Å². The third kappa shape index (κ3) is 4.23. The van der Waals surface area contributed by atoms with Crippen LogP contribution in [-0.2, 0) is 10.2 Å². The molecule has 2 aliphatic carbocycles. The Morgan fingerprint density at radius 1 is 1.17 bits per heavy atom. The number of nitrogens with one attached hydrogen (secondary N) is 1. The molecular weight excluding hydrogens is 368 g/mol. The Labute approximate surface area is 184 Å². The van der Waals surface area contributed by atoms with Crippen molar-refractivity contribution in [2.45, 2.75) is 90.5 Å². The second kappa shape index (κ2) is 8.49. The van der Waals surface area contributed by atoms with Gasteiger partial charge in [0, 0.05) is 14.9 Å². The summed E-state index contributed by atoms with van der Waals surface area (Å²) in [4.78, 5) is 14.4. The summed E-state index contributed by atoms with van der Waals surface area (Å²) in [5, 5.41) is 3.18. The number of likely N-dealkylation sites (tertiary alicyclic amines) is 1. The van der Waals surface area contributed by atoms with Gasteiger partial charge < -0.3 is 10.2 Å². The highest BCUT2D eigenvalue weighted by atomic mass is 16.1. The molecular formula is C27H42N2O. The number of benzene rings is 1. The summed E-state index contributed by atoms with van der Waals surface area (Å²) < 4.78 is 0. The first-order chi connectivity index (χ1) is 14.3. The number of hydrogen-bond acceptors (Lipinski definition) is 2. The molecule has 30 heavy (non-hydrogen) atoms. The first-order valence-electron chi connectivity index (χ1n) is 12.1. The molecule has 1 atom stereocenters. The van der Waals surface area contributed by atoms with Gasteiger partial charge in [-0.25, -0.2) is 0 Å². The fourth-order valence-electron chi connectivity index (χ4n) is 6.61. The Morgan fingerprint density at radius 2 is 1.90 bits per heavy atom. The maximum absolute atomic E-state index is 11.7. The lowest BCUT2D eigenvalue weighted by Crippen LogP contribution is -2.46. The van der Waals surface area contributed by atoms with Crippen LogP contribution >= 0.6 is 0 Å². The van der Waals surface area contributed by atoms with Crippen molar-refractivity contribution >= 4 is 5.91 Å². The number of allylic oxidation sites excluding steroid dienone is 1. The van der Waals surface area contributed by atoms with Crippen LogP contribution in [0.4, 0.5) is 0 Å². The molecule has 1 aliphatic heterocycles. The minimum atomic E-state index is 0. The van der Waals surface area contributed by atoms with Crippen molar-refractivity contribution in [2.75, 3.05) is 19.6 Å². The molecule has 0 saturated carbocycles. The number of amides is 1. The first-order valence-corrected chi connectivity index (χ1v) is 12.1. The fourth-order valence-corrected chi connectivity index (χ4v) is 6.61. The van der Waals surface area contributed by atoms with Gasteiger partial charge in [0.25, 0.3) is 0 Å². The van der Waals surface area contributed by atoms with Gasteiger partial charge in [-0.2, -0.15) is 0 Å². The van der Waals surface area contributed by atoms with Crippen molar-refractivity contribution in [3.05, 3.63) is 46.5 Å². The van der Waals surface area contributed by atoms with E-state index in [1.54, 1.807) is 18.1 Å². The van der Waals surface area contributed by atoms with Gasteiger partial charge in [-0.15, -0.1) is 0 Å². The number of carbonyl (C=O) groups is 1. The molecule has 0 aromatic heterocycles. The van der Waals surface area contributed by atoms with Crippen molar-refractivity contribution < 1.29 is 6.22 Å². The van der Waals surface area contributed by atoms with Crippen LogP contribution in [0.15, 0.2) is 35.4 Å². The normalized spacial score (nSPS) is 25.8. The molecule has 3 heteroatoms. The largest absolute Gasteiger partial charge is 0.350 e. The average Bonchev–Trinajstić information content (AvgIpc) is 2.71. The average molecular weight is 411 g/mol. The molecule has 0 radical (unpaired) electrons. The molecule has 1 N–H and O–H groups in total. The van der Waals surface area contributed by atoms with Crippen LogP contribution in [0.2, 0.25) is 0 Å². The molecule has 1 heterocycles. The Morgan fingerprint density at radius 3 is 2.60 bits per heavy atom. The lowest BCUT2D eigenvalue weighted by molar-refractivity contribution is -0.119. The predicted octanol–water partition coefficient (Wildman–Crippen LogP) is 6.15. The highest BCUT2D eigenvalue weighted by molar-refractivity contribution is 5.73. The molecule has 3 aliphatic rings. The number of nitrogens with zero attached hydrogens (tertiary/aromatic N) is 1. The first kappa shape index (κ1) is 21.6. The van der Waals surface area contributed by atoms with Crippen molar-refractivity contribution in [3.63, 3.8) is 0 Å². The third-order valence-corrected chi connectivity index (χ3v) is 8.37. The molecule has 1 aromatic rings. The van der Waals surface area contributed by atoms with Gasteiger partial charge in [0.15, 0.2) is 0 Å². The van der Waals surface area contributed by atoms with E-state index in [1.807, 2.05) is 0 Å². The Hall–Kier alpha value is -1.61. The van der Waals surface area contributed by atoms with Crippen LogP contribution < -0.4 is 5.32 Å². The maximum atomic E-state index is 11.7. The molecule has 0 unspecified atom stereocenters. The third-order valence-electron chi connectivity index (χ3n) is 8.37. The second-order valence-electron chi connectivity index (χ2n) is 10.7. The summed E-state index contributed by atoms with van der Waals surface area (Å²) >= 11 is 0. The summed E-state index contributed by atoms with van der Waals surface area (Å²) in [7, 11) is 0. The molecule has 3 nitrogen and oxygen atoms in total. The van der Waals surface area contributed by atoms with Gasteiger partial charge in [0.1, 0.15) is 0 Å². The standard InChI is InChI=1S/C27H40N2O.H2/c1-20-8-7-13-26(3,4)23(20)12-17-29-18-15-27(16-19-29)14-11-25(28-21(2)30)22-9-5-6-10-24(22)27;/h5-6,9-10,25H,7-8,11-19H2,1-4H3,(H,28,30);1H/t25-;/m0./s1. The Kier molecular flexibility index (Phi) is 6.12. The van der Waals surface area contributed by atoms with Crippen LogP contribution in [0, 0.1) is 5.41 Å². The van der Waals surface area contributed by atoms with Gasteiger partial charge in [-0.05, 0) is 93.3 Å². The maximum Gasteiger partial charge on any atom is 0.217 e. The highest BCUT2D eigenvalue weighted by Gasteiger charge is 2.42. The van der Waals surface area contributed by atoms with Crippen LogP contribution in [0.1, 0.15) is 97.7 Å². The molecule has 1 amide bonds. The number of fused-ring (bicyclic) bond motifs is 2. The second-order valence-corrected chi connectivity index (χ2v) is 10.7. The van der Waals surface area contributed by atoms with E-state index in [9.17, 15) is 4.79 Å². The van der Waals surface area contributed by atoms with E-state index in [4.69, 9.17) is 0 Å². The summed E-state index contributed by atoms with van der Waals surface area (Å²) in [5.41, 5.74) is 6.95. The van der Waals surface area contributed by atoms with E-state index in [0.29, 0.717) is 10.8 Å². The predicted molar refractivity (Wildman–Crippen MR) is 127 cm³/mol. The van der Waals surface area contributed by atoms with Gasteiger partial charge in [-0.1, -0.05) is 49.3 Å². The molecule has 1 saturated heterocycles. The zero-order valence-corrected chi connectivity index (χ0v) is 19.5. The van der Waals surface area contributed by atoms with Crippen molar-refractivity contribution in [2.24, 2.45) is 5.41 Å². The molecule has 4 rings (SSSR count). The number of hydrogen-bond donors (Lipinski definition) is 1. The SMILES string of the molecule is CC(=O)N[C@H]1CCC2(CCN(CCC3=C(C)CCCC3(C)C)CC2)c2ccccc21.[HH]. The lowest BCUT2D eigenvalue weighted by Gasteiger charge is -2.47. The fraction of sp³-hybridized carbons (Fsp3) is 0.667. The smallest absolute Gasteiger partial charge is 0.217 e. The summed E-state index contributed by atoms with van der Waals surface area (Å²) in [6.45, 7) is 12.5. The highest BCUT2D eigenvalue weighted by Crippen LogP contribution is 2.48. The van der Waals surface area contributed by atoms with Crippen LogP contribution in [0.5, 0.6) is 0 Å². The zero-order chi connectivity index (χ0) is 21.4. The van der Waals surface area contributed by atoms with Crippen molar-refractivity contribution in [1.29, 1.82) is 0 Å². The van der Waals surface area contributed by atoms with Crippen molar-refractivity contribution in [3.8, 4) is 0 Å². The van der Waals surface area contributed by atoms with Crippen LogP contribution in [-0.4, -0.2) is 30.4 Å². The molecule has 1 aromatic carbocycles. The number of piperidine rings is 1. The molecule has 166 valence electrons. The minimum Gasteiger partial charge on any atom is -0.350 e. The summed E-state index contributed by atoms with van der Waals surface area (Å²) in [5.74, 6) is 0.0795. The van der Waals surface area contributed by atoms with Gasteiger partial charge in [0.2, 0.25) is 5.91 Å². The van der Waals surface area contributed by atoms with Crippen LogP contribution in [0.3, 0.4) is 0 Å². The lowest BCUT2D eigenvalue weighted by atomic mass is 9.63. The molecule has 0 bridgehead atoms. The van der Waals surface area contributed by atoms with E-state index in [-0.39, 0.29) is 13.4 Å². The van der Waals surface area contributed by atoms with E-state index >= 15 is 0 Å². The van der Waals surface area contributed by atoms with Gasteiger partial charge in [-0.3, -0.25) is 4.79 Å². The molecule has 1 spiro atoms. The minimum absolute atomic E-state index is 0. The summed E-state index contributed by atoms with van der Waals surface area (Å²) in [6, 6.07) is 9.07. The van der Waals surface area contributed by atoms with Gasteiger partial charge in [0.05, 0.1) is 6.04 Å². The van der Waals surface area contributed by atoms with E-state index in [1.165, 1.54) is 75.7 Å². The Balaban J connectivity index is 0.00000272. The van der Waals surface area contributed by atoms with Crippen LogP contribution in [0.25, 0.3) is 0 Å².